The highest BCUT2D eigenvalue weighted by Crippen LogP contribution is 2.39. The highest BCUT2D eigenvalue weighted by molar-refractivity contribution is 5.16. The van der Waals surface area contributed by atoms with Gasteiger partial charge in [0, 0.05) is 5.92 Å². The molecule has 0 heterocycles. The largest absolute Gasteiger partial charge is 0.212 e. The molecule has 0 N–H and O–H groups in total. The number of hydrogen-bond acceptors (Lipinski definition) is 0. The smallest absolute Gasteiger partial charge is 0.104 e. The van der Waals surface area contributed by atoms with Gasteiger partial charge in [0.2, 0.25) is 0 Å². The Morgan fingerprint density at radius 2 is 1.93 bits per heavy atom. The van der Waals surface area contributed by atoms with E-state index in [0.717, 1.165) is 12.3 Å². The first-order valence-corrected chi connectivity index (χ1v) is 5.79. The minimum Gasteiger partial charge on any atom is -0.212 e. The minimum absolute atomic E-state index is 0.118. The molecular formula is C13H19F. The number of hydrogen-bond donors (Lipinski definition) is 0. The topological polar surface area (TPSA) is 0 Å². The highest BCUT2D eigenvalue weighted by atomic mass is 19.1. The average molecular weight is 194 g/mol. The van der Waals surface area contributed by atoms with E-state index in [1.165, 1.54) is 25.7 Å². The molecule has 0 bridgehead atoms. The molecule has 2 aliphatic rings. The minimum atomic E-state index is 0.118. The van der Waals surface area contributed by atoms with Gasteiger partial charge in [-0.1, -0.05) is 31.9 Å². The molecule has 0 amide bonds. The molecule has 0 aromatic carbocycles. The number of rotatable bonds is 1. The molecule has 1 atom stereocenters. The summed E-state index contributed by atoms with van der Waals surface area (Å²) in [6, 6.07) is 0. The van der Waals surface area contributed by atoms with Crippen LogP contribution in [0.1, 0.15) is 39.0 Å². The van der Waals surface area contributed by atoms with Crippen LogP contribution in [-0.4, -0.2) is 0 Å². The van der Waals surface area contributed by atoms with Crippen molar-refractivity contribution in [2.45, 2.75) is 39.0 Å². The summed E-state index contributed by atoms with van der Waals surface area (Å²) in [4.78, 5) is 0. The summed E-state index contributed by atoms with van der Waals surface area (Å²) < 4.78 is 13.5. The van der Waals surface area contributed by atoms with E-state index in [-0.39, 0.29) is 11.7 Å². The fourth-order valence-corrected chi connectivity index (χ4v) is 2.73. The van der Waals surface area contributed by atoms with Crippen molar-refractivity contribution in [1.29, 1.82) is 0 Å². The Morgan fingerprint density at radius 1 is 1.21 bits per heavy atom. The maximum absolute atomic E-state index is 13.5. The summed E-state index contributed by atoms with van der Waals surface area (Å²) in [6.07, 6.45) is 11.5. The molecule has 1 fully saturated rings. The molecule has 2 rings (SSSR count). The van der Waals surface area contributed by atoms with Crippen LogP contribution < -0.4 is 0 Å². The third kappa shape index (κ3) is 2.08. The molecule has 78 valence electrons. The van der Waals surface area contributed by atoms with Crippen LogP contribution in [0.3, 0.4) is 0 Å². The lowest BCUT2D eigenvalue weighted by molar-refractivity contribution is 0.214. The van der Waals surface area contributed by atoms with E-state index in [4.69, 9.17) is 0 Å². The monoisotopic (exact) mass is 194 g/mol. The SMILES string of the molecule is C[C@H]1CC[C@H](C2CC=CC=C2F)CC1. The maximum atomic E-state index is 13.5. The Kier molecular flexibility index (Phi) is 3.05. The average Bonchev–Trinajstić information content (AvgIpc) is 2.20. The fourth-order valence-electron chi connectivity index (χ4n) is 2.73. The van der Waals surface area contributed by atoms with Gasteiger partial charge in [0.25, 0.3) is 0 Å². The summed E-state index contributed by atoms with van der Waals surface area (Å²) >= 11 is 0. The standard InChI is InChI=1S/C13H19F/c1-10-6-8-11(9-7-10)12-4-2-3-5-13(12)14/h2-3,5,10-12H,4,6-9H2,1H3/t10-,11-,12?. The zero-order valence-electron chi connectivity index (χ0n) is 8.88. The van der Waals surface area contributed by atoms with E-state index in [2.05, 4.69) is 13.0 Å². The first-order chi connectivity index (χ1) is 6.77. The fraction of sp³-hybridized carbons (Fsp3) is 0.692. The van der Waals surface area contributed by atoms with Crippen LogP contribution in [-0.2, 0) is 0 Å². The van der Waals surface area contributed by atoms with Gasteiger partial charge in [0.15, 0.2) is 0 Å². The van der Waals surface area contributed by atoms with Crippen LogP contribution in [0.4, 0.5) is 4.39 Å². The van der Waals surface area contributed by atoms with Crippen LogP contribution in [0.15, 0.2) is 24.1 Å². The van der Waals surface area contributed by atoms with Crippen molar-refractivity contribution in [2.75, 3.05) is 0 Å². The Labute approximate surface area is 85.9 Å². The van der Waals surface area contributed by atoms with Gasteiger partial charge in [-0.25, -0.2) is 4.39 Å². The van der Waals surface area contributed by atoms with E-state index < -0.39 is 0 Å². The highest BCUT2D eigenvalue weighted by Gasteiger charge is 2.28. The van der Waals surface area contributed by atoms with Crippen LogP contribution in [0, 0.1) is 17.8 Å². The van der Waals surface area contributed by atoms with Crippen LogP contribution in [0.25, 0.3) is 0 Å². The molecule has 2 aliphatic carbocycles. The van der Waals surface area contributed by atoms with Crippen molar-refractivity contribution >= 4 is 0 Å². The van der Waals surface area contributed by atoms with Gasteiger partial charge >= 0.3 is 0 Å². The maximum Gasteiger partial charge on any atom is 0.104 e. The third-order valence-electron chi connectivity index (χ3n) is 3.77. The molecule has 0 radical (unpaired) electrons. The van der Waals surface area contributed by atoms with Crippen molar-refractivity contribution in [1.82, 2.24) is 0 Å². The van der Waals surface area contributed by atoms with E-state index in [9.17, 15) is 4.39 Å². The molecule has 1 saturated carbocycles. The molecule has 0 aliphatic heterocycles. The van der Waals surface area contributed by atoms with Crippen molar-refractivity contribution in [2.24, 2.45) is 17.8 Å². The van der Waals surface area contributed by atoms with Crippen molar-refractivity contribution in [3.8, 4) is 0 Å². The predicted molar refractivity (Wildman–Crippen MR) is 57.6 cm³/mol. The second-order valence-electron chi connectivity index (χ2n) is 4.84. The van der Waals surface area contributed by atoms with Gasteiger partial charge in [-0.3, -0.25) is 0 Å². The summed E-state index contributed by atoms with van der Waals surface area (Å²) in [5.41, 5.74) is 0. The van der Waals surface area contributed by atoms with Crippen molar-refractivity contribution in [3.05, 3.63) is 24.1 Å². The summed E-state index contributed by atoms with van der Waals surface area (Å²) in [5.74, 6) is 1.78. The third-order valence-corrected chi connectivity index (χ3v) is 3.77. The summed E-state index contributed by atoms with van der Waals surface area (Å²) in [7, 11) is 0. The van der Waals surface area contributed by atoms with E-state index >= 15 is 0 Å². The van der Waals surface area contributed by atoms with Crippen molar-refractivity contribution in [3.63, 3.8) is 0 Å². The van der Waals surface area contributed by atoms with Crippen LogP contribution >= 0.6 is 0 Å². The Balaban J connectivity index is 1.95. The van der Waals surface area contributed by atoms with Gasteiger partial charge in [-0.15, -0.1) is 0 Å². The zero-order valence-corrected chi connectivity index (χ0v) is 8.88. The molecule has 0 saturated heterocycles. The lowest BCUT2D eigenvalue weighted by Gasteiger charge is -2.32. The molecule has 1 unspecified atom stereocenters. The van der Waals surface area contributed by atoms with Gasteiger partial charge in [-0.2, -0.15) is 0 Å². The first-order valence-electron chi connectivity index (χ1n) is 5.79. The normalized spacial score (nSPS) is 38.1. The number of halogens is 1. The first kappa shape index (κ1) is 9.95. The predicted octanol–water partition coefficient (Wildman–Crippen LogP) is 4.24. The second-order valence-corrected chi connectivity index (χ2v) is 4.84. The zero-order chi connectivity index (χ0) is 9.97. The van der Waals surface area contributed by atoms with Gasteiger partial charge in [0.05, 0.1) is 0 Å². The Hall–Kier alpha value is -0.590. The van der Waals surface area contributed by atoms with Crippen LogP contribution in [0.5, 0.6) is 0 Å². The molecule has 0 spiro atoms. The molecule has 0 aromatic rings. The van der Waals surface area contributed by atoms with Gasteiger partial charge in [0.1, 0.15) is 5.83 Å². The molecule has 1 heteroatoms. The summed E-state index contributed by atoms with van der Waals surface area (Å²) in [6.45, 7) is 2.31. The second kappa shape index (κ2) is 4.29. The quantitative estimate of drug-likeness (QED) is 0.585. The Bertz CT molecular complexity index is 244. The van der Waals surface area contributed by atoms with Gasteiger partial charge in [-0.05, 0) is 37.2 Å². The molecular weight excluding hydrogens is 175 g/mol. The van der Waals surface area contributed by atoms with E-state index in [1.54, 1.807) is 6.08 Å². The van der Waals surface area contributed by atoms with Gasteiger partial charge < -0.3 is 0 Å². The Morgan fingerprint density at radius 3 is 2.57 bits per heavy atom. The molecule has 0 nitrogen and oxygen atoms in total. The lowest BCUT2D eigenvalue weighted by atomic mass is 9.74. The number of allylic oxidation sites excluding steroid dienone is 4. The van der Waals surface area contributed by atoms with Crippen LogP contribution in [0.2, 0.25) is 0 Å². The van der Waals surface area contributed by atoms with E-state index in [1.807, 2.05) is 6.08 Å². The molecule has 0 aromatic heterocycles. The van der Waals surface area contributed by atoms with Crippen molar-refractivity contribution < 1.29 is 4.39 Å². The lowest BCUT2D eigenvalue weighted by Crippen LogP contribution is -2.21. The molecule has 14 heavy (non-hydrogen) atoms. The van der Waals surface area contributed by atoms with E-state index in [0.29, 0.717) is 5.92 Å². The summed E-state index contributed by atoms with van der Waals surface area (Å²) in [5, 5.41) is 0.